The van der Waals surface area contributed by atoms with Crippen molar-refractivity contribution in [3.8, 4) is 0 Å². The number of hydrogen-bond acceptors (Lipinski definition) is 4. The van der Waals surface area contributed by atoms with E-state index in [0.717, 1.165) is 21.5 Å². The number of nitrogens with zero attached hydrogens (tertiary/aromatic N) is 3. The summed E-state index contributed by atoms with van der Waals surface area (Å²) in [5, 5.41) is 6.88. The highest BCUT2D eigenvalue weighted by atomic mass is 79.9. The van der Waals surface area contributed by atoms with E-state index < -0.39 is 5.97 Å². The van der Waals surface area contributed by atoms with Gasteiger partial charge in [0.25, 0.3) is 0 Å². The van der Waals surface area contributed by atoms with Crippen LogP contribution in [0.3, 0.4) is 0 Å². The third-order valence-electron chi connectivity index (χ3n) is 4.11. The molecule has 1 aliphatic carbocycles. The maximum absolute atomic E-state index is 11.7. The molecule has 0 aromatic carbocycles. The summed E-state index contributed by atoms with van der Waals surface area (Å²) in [5.41, 5.74) is 4.31. The van der Waals surface area contributed by atoms with Crippen molar-refractivity contribution in [2.75, 3.05) is 6.61 Å². The summed E-state index contributed by atoms with van der Waals surface area (Å²) in [6.07, 6.45) is 7.30. The van der Waals surface area contributed by atoms with E-state index in [4.69, 9.17) is 4.74 Å². The number of aromatic nitrogens is 4. The Kier molecular flexibility index (Phi) is 3.88. The van der Waals surface area contributed by atoms with Crippen molar-refractivity contribution in [2.45, 2.75) is 32.1 Å². The average molecular weight is 389 g/mol. The van der Waals surface area contributed by atoms with Gasteiger partial charge in [0, 0.05) is 24.5 Å². The molecular weight excluding hydrogens is 372 g/mol. The van der Waals surface area contributed by atoms with Crippen molar-refractivity contribution in [3.05, 3.63) is 51.6 Å². The predicted octanol–water partition coefficient (Wildman–Crippen LogP) is 3.46. The normalized spacial score (nSPS) is 14.2. The van der Waals surface area contributed by atoms with E-state index in [1.165, 1.54) is 18.4 Å². The SMILES string of the molecule is CCOC(=O)c1cc(Cc2cn3cc(C4CC4)cc(Br)c3n2)[nH]n1. The number of esters is 1. The van der Waals surface area contributed by atoms with E-state index in [1.54, 1.807) is 13.0 Å². The quantitative estimate of drug-likeness (QED) is 0.679. The maximum Gasteiger partial charge on any atom is 0.358 e. The summed E-state index contributed by atoms with van der Waals surface area (Å²) >= 11 is 3.62. The van der Waals surface area contributed by atoms with Crippen LogP contribution in [0.2, 0.25) is 0 Å². The Bertz CT molecular complexity index is 911. The lowest BCUT2D eigenvalue weighted by Crippen LogP contribution is -2.04. The average Bonchev–Trinajstić information content (AvgIpc) is 3.16. The topological polar surface area (TPSA) is 72.3 Å². The molecule has 124 valence electrons. The third kappa shape index (κ3) is 2.96. The standard InChI is InChI=1S/C17H17BrN4O2/c1-2-24-17(23)15-7-12(20-21-15)6-13-9-22-8-11(10-3-4-10)5-14(18)16(22)19-13/h5,7-10H,2-4,6H2,1H3,(H,20,21). The first-order valence-electron chi connectivity index (χ1n) is 8.02. The molecule has 1 N–H and O–H groups in total. The van der Waals surface area contributed by atoms with Crippen molar-refractivity contribution < 1.29 is 9.53 Å². The molecule has 0 aliphatic heterocycles. The molecule has 0 amide bonds. The van der Waals surface area contributed by atoms with Crippen LogP contribution >= 0.6 is 15.9 Å². The first-order valence-corrected chi connectivity index (χ1v) is 8.81. The fourth-order valence-electron chi connectivity index (χ4n) is 2.81. The number of fused-ring (bicyclic) bond motifs is 1. The zero-order chi connectivity index (χ0) is 16.7. The van der Waals surface area contributed by atoms with Gasteiger partial charge in [-0.1, -0.05) is 0 Å². The number of pyridine rings is 1. The van der Waals surface area contributed by atoms with E-state index in [1.807, 2.05) is 6.20 Å². The second kappa shape index (κ2) is 6.05. The summed E-state index contributed by atoms with van der Waals surface area (Å²) in [6.45, 7) is 2.11. The predicted molar refractivity (Wildman–Crippen MR) is 92.2 cm³/mol. The zero-order valence-electron chi connectivity index (χ0n) is 13.3. The summed E-state index contributed by atoms with van der Waals surface area (Å²) in [6, 6.07) is 3.88. The van der Waals surface area contributed by atoms with Gasteiger partial charge >= 0.3 is 5.97 Å². The molecule has 24 heavy (non-hydrogen) atoms. The number of hydrogen-bond donors (Lipinski definition) is 1. The minimum atomic E-state index is -0.410. The summed E-state index contributed by atoms with van der Waals surface area (Å²) in [7, 11) is 0. The Morgan fingerprint density at radius 1 is 1.42 bits per heavy atom. The van der Waals surface area contributed by atoms with Crippen LogP contribution in [0.25, 0.3) is 5.65 Å². The molecule has 1 fully saturated rings. The molecule has 0 bridgehead atoms. The molecule has 3 aromatic heterocycles. The largest absolute Gasteiger partial charge is 0.461 e. The number of imidazole rings is 1. The molecule has 0 unspecified atom stereocenters. The number of aromatic amines is 1. The monoisotopic (exact) mass is 388 g/mol. The first-order chi connectivity index (χ1) is 11.6. The van der Waals surface area contributed by atoms with Gasteiger partial charge in [-0.05, 0) is 59.3 Å². The lowest BCUT2D eigenvalue weighted by molar-refractivity contribution is 0.0519. The van der Waals surface area contributed by atoms with Crippen molar-refractivity contribution in [3.63, 3.8) is 0 Å². The van der Waals surface area contributed by atoms with Crippen LogP contribution in [-0.2, 0) is 11.2 Å². The number of halogens is 1. The first kappa shape index (κ1) is 15.4. The highest BCUT2D eigenvalue weighted by Gasteiger charge is 2.24. The number of carbonyl (C=O) groups excluding carboxylic acids is 1. The van der Waals surface area contributed by atoms with Gasteiger partial charge in [0.2, 0.25) is 0 Å². The van der Waals surface area contributed by atoms with Crippen LogP contribution in [0.15, 0.2) is 29.0 Å². The van der Waals surface area contributed by atoms with Crippen molar-refractivity contribution in [1.29, 1.82) is 0 Å². The molecule has 6 nitrogen and oxygen atoms in total. The van der Waals surface area contributed by atoms with E-state index >= 15 is 0 Å². The van der Waals surface area contributed by atoms with Gasteiger partial charge in [-0.25, -0.2) is 9.78 Å². The van der Waals surface area contributed by atoms with Crippen LogP contribution < -0.4 is 0 Å². The number of ether oxygens (including phenoxy) is 1. The number of nitrogens with one attached hydrogen (secondary N) is 1. The molecular formula is C17H17BrN4O2. The van der Waals surface area contributed by atoms with Gasteiger partial charge in [0.15, 0.2) is 11.3 Å². The second-order valence-corrected chi connectivity index (χ2v) is 6.89. The van der Waals surface area contributed by atoms with Crippen LogP contribution in [0, 0.1) is 0 Å². The number of H-pyrrole nitrogens is 1. The Morgan fingerprint density at radius 2 is 2.25 bits per heavy atom. The van der Waals surface area contributed by atoms with Crippen molar-refractivity contribution in [1.82, 2.24) is 19.6 Å². The highest BCUT2D eigenvalue weighted by molar-refractivity contribution is 9.10. The molecule has 4 rings (SSSR count). The Labute approximate surface area is 147 Å². The van der Waals surface area contributed by atoms with Gasteiger partial charge in [0.05, 0.1) is 16.8 Å². The fraction of sp³-hybridized carbons (Fsp3) is 0.353. The van der Waals surface area contributed by atoms with Crippen LogP contribution in [0.5, 0.6) is 0 Å². The van der Waals surface area contributed by atoms with Gasteiger partial charge in [-0.3, -0.25) is 5.10 Å². The number of carbonyl (C=O) groups is 1. The lowest BCUT2D eigenvalue weighted by Gasteiger charge is -2.01. The van der Waals surface area contributed by atoms with Crippen LogP contribution in [0.4, 0.5) is 0 Å². The molecule has 1 aliphatic rings. The van der Waals surface area contributed by atoms with E-state index in [-0.39, 0.29) is 0 Å². The van der Waals surface area contributed by atoms with Crippen LogP contribution in [-0.4, -0.2) is 32.2 Å². The smallest absolute Gasteiger partial charge is 0.358 e. The third-order valence-corrected chi connectivity index (χ3v) is 4.70. The molecule has 0 radical (unpaired) electrons. The van der Waals surface area contributed by atoms with Gasteiger partial charge in [-0.2, -0.15) is 5.10 Å². The molecule has 3 aromatic rings. The van der Waals surface area contributed by atoms with Crippen molar-refractivity contribution in [2.24, 2.45) is 0 Å². The van der Waals surface area contributed by atoms with Crippen molar-refractivity contribution >= 4 is 27.5 Å². The summed E-state index contributed by atoms with van der Waals surface area (Å²) in [4.78, 5) is 16.3. The van der Waals surface area contributed by atoms with E-state index in [0.29, 0.717) is 24.6 Å². The number of rotatable bonds is 5. The van der Waals surface area contributed by atoms with Crippen LogP contribution in [0.1, 0.15) is 53.1 Å². The Hall–Kier alpha value is -2.15. The summed E-state index contributed by atoms with van der Waals surface area (Å²) in [5.74, 6) is 0.281. The van der Waals surface area contributed by atoms with Gasteiger partial charge < -0.3 is 9.14 Å². The molecule has 3 heterocycles. The van der Waals surface area contributed by atoms with E-state index in [9.17, 15) is 4.79 Å². The fourth-order valence-corrected chi connectivity index (χ4v) is 3.37. The molecule has 0 spiro atoms. The Balaban J connectivity index is 1.58. The van der Waals surface area contributed by atoms with E-state index in [2.05, 4.69) is 47.8 Å². The summed E-state index contributed by atoms with van der Waals surface area (Å²) < 4.78 is 8.02. The minimum Gasteiger partial charge on any atom is -0.461 e. The Morgan fingerprint density at radius 3 is 3.00 bits per heavy atom. The molecule has 0 atom stereocenters. The minimum absolute atomic E-state index is 0.299. The zero-order valence-corrected chi connectivity index (χ0v) is 14.8. The second-order valence-electron chi connectivity index (χ2n) is 6.03. The van der Waals surface area contributed by atoms with Gasteiger partial charge in [-0.15, -0.1) is 0 Å². The highest BCUT2D eigenvalue weighted by Crippen LogP contribution is 2.41. The molecule has 0 saturated heterocycles. The lowest BCUT2D eigenvalue weighted by atomic mass is 10.2. The maximum atomic E-state index is 11.7. The van der Waals surface area contributed by atoms with Gasteiger partial charge in [0.1, 0.15) is 0 Å². The molecule has 7 heteroatoms. The molecule has 1 saturated carbocycles.